The van der Waals surface area contributed by atoms with Crippen molar-refractivity contribution in [2.45, 2.75) is 26.0 Å². The molecule has 1 aromatic heterocycles. The lowest BCUT2D eigenvalue weighted by molar-refractivity contribution is 0.186. The minimum Gasteiger partial charge on any atom is -0.492 e. The van der Waals surface area contributed by atoms with E-state index >= 15 is 0 Å². The third-order valence-corrected chi connectivity index (χ3v) is 5.08. The van der Waals surface area contributed by atoms with Crippen molar-refractivity contribution in [2.24, 2.45) is 0 Å². The molecule has 1 aliphatic rings. The number of fused-ring (bicyclic) bond motifs is 1. The first-order chi connectivity index (χ1) is 14.0. The Bertz CT molecular complexity index is 1090. The van der Waals surface area contributed by atoms with Crippen LogP contribution in [0.1, 0.15) is 19.8 Å². The summed E-state index contributed by atoms with van der Waals surface area (Å²) in [5.74, 6) is 0.646. The lowest BCUT2D eigenvalue weighted by atomic mass is 10.1. The molecule has 0 aliphatic carbocycles. The van der Waals surface area contributed by atoms with Crippen molar-refractivity contribution in [3.05, 3.63) is 59.8 Å². The third-order valence-electron chi connectivity index (χ3n) is 4.79. The molecule has 2 aromatic carbocycles. The fourth-order valence-corrected chi connectivity index (χ4v) is 3.61. The summed E-state index contributed by atoms with van der Waals surface area (Å²) in [6.07, 6.45) is 2.08. The molecule has 3 aromatic rings. The summed E-state index contributed by atoms with van der Waals surface area (Å²) in [7, 11) is 0. The number of allylic oxidation sites excluding steroid dienone is 1. The zero-order chi connectivity index (χ0) is 20.5. The van der Waals surface area contributed by atoms with Crippen LogP contribution < -0.4 is 15.0 Å². The van der Waals surface area contributed by atoms with Crippen LogP contribution in [0.2, 0.25) is 5.02 Å². The molecule has 0 radical (unpaired) electrons. The Kier molecular flexibility index (Phi) is 5.25. The van der Waals surface area contributed by atoms with Crippen molar-refractivity contribution >= 4 is 39.7 Å². The van der Waals surface area contributed by atoms with Crippen LogP contribution in [0.25, 0.3) is 10.9 Å². The number of nitrogens with zero attached hydrogens (tertiary/aromatic N) is 3. The Hall–Kier alpha value is -2.90. The van der Waals surface area contributed by atoms with E-state index in [2.05, 4.69) is 21.9 Å². The maximum Gasteiger partial charge on any atom is 0.145 e. The fourth-order valence-electron chi connectivity index (χ4n) is 3.43. The van der Waals surface area contributed by atoms with Crippen LogP contribution in [-0.2, 0) is 0 Å². The van der Waals surface area contributed by atoms with E-state index in [4.69, 9.17) is 16.3 Å². The molecule has 1 atom stereocenters. The molecular weight excluding hydrogens is 395 g/mol. The maximum absolute atomic E-state index is 13.5. The predicted octanol–water partition coefficient (Wildman–Crippen LogP) is 5.00. The van der Waals surface area contributed by atoms with E-state index < -0.39 is 12.0 Å². The summed E-state index contributed by atoms with van der Waals surface area (Å²) >= 11 is 5.89. The Morgan fingerprint density at radius 3 is 2.86 bits per heavy atom. The van der Waals surface area contributed by atoms with Crippen LogP contribution in [-0.4, -0.2) is 27.9 Å². The number of benzene rings is 2. The van der Waals surface area contributed by atoms with Gasteiger partial charge in [-0.2, -0.15) is 0 Å². The smallest absolute Gasteiger partial charge is 0.145 e. The second kappa shape index (κ2) is 7.85. The number of halogens is 2. The number of nitrogens with one attached hydrogen (secondary N) is 1. The van der Waals surface area contributed by atoms with Crippen molar-refractivity contribution < 1.29 is 14.2 Å². The number of anilines is 3. The molecule has 1 fully saturated rings. The molecule has 29 heavy (non-hydrogen) atoms. The first-order valence-electron chi connectivity index (χ1n) is 9.26. The molecule has 8 heteroatoms. The van der Waals surface area contributed by atoms with Crippen LogP contribution in [0.3, 0.4) is 0 Å². The Morgan fingerprint density at radius 1 is 1.34 bits per heavy atom. The highest BCUT2D eigenvalue weighted by Crippen LogP contribution is 2.41. The van der Waals surface area contributed by atoms with Crippen LogP contribution in [0.15, 0.2) is 48.9 Å². The molecule has 150 valence electrons. The minimum atomic E-state index is -0.670. The second-order valence-corrected chi connectivity index (χ2v) is 7.11. The lowest BCUT2D eigenvalue weighted by Crippen LogP contribution is -2.27. The summed E-state index contributed by atoms with van der Waals surface area (Å²) < 4.78 is 19.3. The summed E-state index contributed by atoms with van der Waals surface area (Å²) in [5.41, 5.74) is 2.78. The van der Waals surface area contributed by atoms with Crippen molar-refractivity contribution in [1.29, 1.82) is 0 Å². The van der Waals surface area contributed by atoms with Gasteiger partial charge >= 0.3 is 0 Å². The molecule has 2 N–H and O–H groups in total. The zero-order valence-corrected chi connectivity index (χ0v) is 16.6. The van der Waals surface area contributed by atoms with E-state index in [0.29, 0.717) is 47.9 Å². The third kappa shape index (κ3) is 3.71. The largest absolute Gasteiger partial charge is 0.492 e. The van der Waals surface area contributed by atoms with Gasteiger partial charge in [0.2, 0.25) is 0 Å². The van der Waals surface area contributed by atoms with Gasteiger partial charge in [0.1, 0.15) is 29.9 Å². The van der Waals surface area contributed by atoms with Crippen molar-refractivity contribution in [1.82, 2.24) is 9.97 Å². The van der Waals surface area contributed by atoms with Crippen molar-refractivity contribution in [3.8, 4) is 5.75 Å². The first-order valence-corrected chi connectivity index (χ1v) is 9.64. The monoisotopic (exact) mass is 414 g/mol. The molecule has 0 bridgehead atoms. The summed E-state index contributed by atoms with van der Waals surface area (Å²) in [6.45, 7) is 6.43. The SMILES string of the molecule is C=C1CCC(O)N1c1cc2c(Nc3ccc(F)c(Cl)c3)ncnc2cc1OCC. The van der Waals surface area contributed by atoms with Gasteiger partial charge in [-0.25, -0.2) is 14.4 Å². The molecule has 0 amide bonds. The molecule has 6 nitrogen and oxygen atoms in total. The topological polar surface area (TPSA) is 70.5 Å². The number of aliphatic hydroxyl groups is 1. The van der Waals surface area contributed by atoms with Crippen molar-refractivity contribution in [2.75, 3.05) is 16.8 Å². The quantitative estimate of drug-likeness (QED) is 0.612. The number of aromatic nitrogens is 2. The van der Waals surface area contributed by atoms with Gasteiger partial charge in [0.15, 0.2) is 0 Å². The van der Waals surface area contributed by atoms with Crippen LogP contribution in [0.5, 0.6) is 5.75 Å². The van der Waals surface area contributed by atoms with E-state index in [1.807, 2.05) is 19.1 Å². The molecule has 1 aliphatic heterocycles. The van der Waals surface area contributed by atoms with E-state index in [0.717, 1.165) is 11.1 Å². The van der Waals surface area contributed by atoms with Gasteiger partial charge in [0.25, 0.3) is 0 Å². The maximum atomic E-state index is 13.5. The predicted molar refractivity (Wildman–Crippen MR) is 112 cm³/mol. The first kappa shape index (κ1) is 19.4. The molecule has 1 saturated heterocycles. The number of hydrogen-bond donors (Lipinski definition) is 2. The second-order valence-electron chi connectivity index (χ2n) is 6.70. The van der Waals surface area contributed by atoms with Gasteiger partial charge in [0.05, 0.1) is 22.8 Å². The fraction of sp³-hybridized carbons (Fsp3) is 0.238. The van der Waals surface area contributed by atoms with Gasteiger partial charge in [-0.3, -0.25) is 0 Å². The minimum absolute atomic E-state index is 0.0178. The van der Waals surface area contributed by atoms with Crippen LogP contribution in [0, 0.1) is 5.82 Å². The van der Waals surface area contributed by atoms with E-state index in [1.165, 1.54) is 18.5 Å². The van der Waals surface area contributed by atoms with E-state index in [1.54, 1.807) is 11.0 Å². The molecule has 0 spiro atoms. The van der Waals surface area contributed by atoms with Crippen molar-refractivity contribution in [3.63, 3.8) is 0 Å². The zero-order valence-electron chi connectivity index (χ0n) is 15.8. The van der Waals surface area contributed by atoms with E-state index in [9.17, 15) is 9.50 Å². The number of ether oxygens (including phenoxy) is 1. The molecule has 2 heterocycles. The Balaban J connectivity index is 1.83. The van der Waals surface area contributed by atoms with E-state index in [-0.39, 0.29) is 5.02 Å². The number of rotatable bonds is 5. The highest BCUT2D eigenvalue weighted by atomic mass is 35.5. The number of hydrogen-bond acceptors (Lipinski definition) is 6. The number of aliphatic hydroxyl groups excluding tert-OH is 1. The summed E-state index contributed by atoms with van der Waals surface area (Å²) in [6, 6.07) is 8.05. The van der Waals surface area contributed by atoms with Gasteiger partial charge in [-0.05, 0) is 44.0 Å². The van der Waals surface area contributed by atoms with Gasteiger partial charge < -0.3 is 20.1 Å². The molecular formula is C21H20ClFN4O2. The average molecular weight is 415 g/mol. The summed E-state index contributed by atoms with van der Waals surface area (Å²) in [5, 5.41) is 14.3. The summed E-state index contributed by atoms with van der Waals surface area (Å²) in [4.78, 5) is 10.4. The van der Waals surface area contributed by atoms with Gasteiger partial charge in [-0.15, -0.1) is 0 Å². The normalized spacial score (nSPS) is 16.5. The Morgan fingerprint density at radius 2 is 2.17 bits per heavy atom. The lowest BCUT2D eigenvalue weighted by Gasteiger charge is -2.26. The highest BCUT2D eigenvalue weighted by Gasteiger charge is 2.29. The molecule has 1 unspecified atom stereocenters. The Labute approximate surface area is 172 Å². The average Bonchev–Trinajstić information content (AvgIpc) is 3.03. The molecule has 0 saturated carbocycles. The van der Waals surface area contributed by atoms with Crippen LogP contribution >= 0.6 is 11.6 Å². The van der Waals surface area contributed by atoms with Gasteiger partial charge in [-0.1, -0.05) is 18.2 Å². The van der Waals surface area contributed by atoms with Gasteiger partial charge in [0, 0.05) is 22.8 Å². The standard InChI is InChI=1S/C21H20ClFN4O2/c1-3-29-19-10-17-14(9-18(19)27-12(2)4-7-20(27)28)21(25-11-24-17)26-13-5-6-16(23)15(22)8-13/h5-6,8-11,20,28H,2-4,7H2,1H3,(H,24,25,26). The highest BCUT2D eigenvalue weighted by molar-refractivity contribution is 6.31. The molecule has 4 rings (SSSR count). The van der Waals surface area contributed by atoms with Crippen LogP contribution in [0.4, 0.5) is 21.6 Å².